The van der Waals surface area contributed by atoms with Gasteiger partial charge in [0.05, 0.1) is 0 Å². The van der Waals surface area contributed by atoms with Gasteiger partial charge < -0.3 is 15.8 Å². The molecule has 0 amide bonds. The highest BCUT2D eigenvalue weighted by Crippen LogP contribution is 2.28. The Bertz CT molecular complexity index is 396. The standard InChI is InChI=1S/C12H16F4N2O/c13-10-5-4-9(18-7-3-1-2-6-17)8-11(10)19-12(14,15)16/h4-5,8,18H,1-3,6-7,17H2. The first-order chi connectivity index (χ1) is 8.92. The summed E-state index contributed by atoms with van der Waals surface area (Å²) in [7, 11) is 0. The number of hydrogen-bond donors (Lipinski definition) is 2. The molecule has 0 aliphatic rings. The van der Waals surface area contributed by atoms with Crippen LogP contribution in [0.2, 0.25) is 0 Å². The number of nitrogens with two attached hydrogens (primary N) is 1. The van der Waals surface area contributed by atoms with E-state index in [9.17, 15) is 17.6 Å². The topological polar surface area (TPSA) is 47.3 Å². The van der Waals surface area contributed by atoms with Crippen molar-refractivity contribution in [1.82, 2.24) is 0 Å². The second-order valence-electron chi connectivity index (χ2n) is 3.97. The number of alkyl halides is 3. The summed E-state index contributed by atoms with van der Waals surface area (Å²) in [6, 6.07) is 3.29. The second kappa shape index (κ2) is 7.18. The zero-order valence-corrected chi connectivity index (χ0v) is 10.3. The molecule has 0 heterocycles. The van der Waals surface area contributed by atoms with E-state index in [0.29, 0.717) is 18.8 Å². The van der Waals surface area contributed by atoms with Crippen molar-refractivity contribution in [3.05, 3.63) is 24.0 Å². The van der Waals surface area contributed by atoms with Gasteiger partial charge in [0, 0.05) is 18.3 Å². The van der Waals surface area contributed by atoms with Gasteiger partial charge in [-0.2, -0.15) is 0 Å². The van der Waals surface area contributed by atoms with Crippen molar-refractivity contribution in [3.8, 4) is 5.75 Å². The average Bonchev–Trinajstić information content (AvgIpc) is 2.31. The van der Waals surface area contributed by atoms with E-state index in [1.54, 1.807) is 0 Å². The normalized spacial score (nSPS) is 11.4. The van der Waals surface area contributed by atoms with Crippen molar-refractivity contribution in [2.45, 2.75) is 25.6 Å². The maximum absolute atomic E-state index is 13.1. The van der Waals surface area contributed by atoms with E-state index in [4.69, 9.17) is 5.73 Å². The summed E-state index contributed by atoms with van der Waals surface area (Å²) < 4.78 is 52.8. The van der Waals surface area contributed by atoms with E-state index in [1.165, 1.54) is 6.07 Å². The van der Waals surface area contributed by atoms with Gasteiger partial charge >= 0.3 is 6.36 Å². The molecule has 0 bridgehead atoms. The third kappa shape index (κ3) is 6.28. The third-order valence-electron chi connectivity index (χ3n) is 2.37. The van der Waals surface area contributed by atoms with Gasteiger partial charge in [0.25, 0.3) is 0 Å². The molecule has 0 aromatic heterocycles. The van der Waals surface area contributed by atoms with Crippen molar-refractivity contribution in [2.75, 3.05) is 18.4 Å². The summed E-state index contributed by atoms with van der Waals surface area (Å²) in [5.74, 6) is -1.88. The molecule has 1 aromatic carbocycles. The molecule has 1 aromatic rings. The van der Waals surface area contributed by atoms with E-state index in [2.05, 4.69) is 10.1 Å². The van der Waals surface area contributed by atoms with Gasteiger partial charge in [0.1, 0.15) is 0 Å². The molecule has 0 saturated heterocycles. The number of benzene rings is 1. The van der Waals surface area contributed by atoms with Crippen molar-refractivity contribution in [2.24, 2.45) is 5.73 Å². The van der Waals surface area contributed by atoms with Crippen molar-refractivity contribution in [3.63, 3.8) is 0 Å². The number of anilines is 1. The number of unbranched alkanes of at least 4 members (excludes halogenated alkanes) is 2. The zero-order chi connectivity index (χ0) is 14.3. The molecule has 19 heavy (non-hydrogen) atoms. The summed E-state index contributed by atoms with van der Waals surface area (Å²) in [6.45, 7) is 1.19. The van der Waals surface area contributed by atoms with Crippen LogP contribution < -0.4 is 15.8 Å². The maximum Gasteiger partial charge on any atom is 0.573 e. The Morgan fingerprint density at radius 2 is 1.89 bits per heavy atom. The van der Waals surface area contributed by atoms with Crippen LogP contribution in [0.3, 0.4) is 0 Å². The van der Waals surface area contributed by atoms with Crippen LogP contribution in [-0.4, -0.2) is 19.5 Å². The highest BCUT2D eigenvalue weighted by atomic mass is 19.4. The van der Waals surface area contributed by atoms with Gasteiger partial charge in [0.15, 0.2) is 11.6 Å². The molecule has 0 saturated carbocycles. The first-order valence-corrected chi connectivity index (χ1v) is 5.91. The van der Waals surface area contributed by atoms with Crippen molar-refractivity contribution >= 4 is 5.69 Å². The Kier molecular flexibility index (Phi) is 5.88. The fraction of sp³-hybridized carbons (Fsp3) is 0.500. The molecular formula is C12H16F4N2O. The lowest BCUT2D eigenvalue weighted by molar-refractivity contribution is -0.275. The van der Waals surface area contributed by atoms with Crippen LogP contribution in [0.15, 0.2) is 18.2 Å². The van der Waals surface area contributed by atoms with E-state index >= 15 is 0 Å². The molecule has 0 atom stereocenters. The molecule has 0 fully saturated rings. The maximum atomic E-state index is 13.1. The third-order valence-corrected chi connectivity index (χ3v) is 2.37. The summed E-state index contributed by atoms with van der Waals surface area (Å²) in [6.07, 6.45) is -2.24. The summed E-state index contributed by atoms with van der Waals surface area (Å²) in [5.41, 5.74) is 5.71. The largest absolute Gasteiger partial charge is 0.573 e. The van der Waals surface area contributed by atoms with E-state index in [0.717, 1.165) is 31.4 Å². The average molecular weight is 280 g/mol. The van der Waals surface area contributed by atoms with Gasteiger partial charge in [0.2, 0.25) is 0 Å². The lowest BCUT2D eigenvalue weighted by Gasteiger charge is -2.12. The van der Waals surface area contributed by atoms with Crippen LogP contribution in [0.25, 0.3) is 0 Å². The fourth-order valence-electron chi connectivity index (χ4n) is 1.50. The minimum atomic E-state index is -4.90. The van der Waals surface area contributed by atoms with Gasteiger partial charge in [-0.05, 0) is 31.5 Å². The molecule has 3 N–H and O–H groups in total. The number of nitrogens with one attached hydrogen (secondary N) is 1. The lowest BCUT2D eigenvalue weighted by atomic mass is 10.2. The van der Waals surface area contributed by atoms with Gasteiger partial charge in [-0.1, -0.05) is 6.42 Å². The summed E-state index contributed by atoms with van der Waals surface area (Å²) in [4.78, 5) is 0. The minimum Gasteiger partial charge on any atom is -0.403 e. The number of rotatable bonds is 7. The number of ether oxygens (including phenoxy) is 1. The van der Waals surface area contributed by atoms with Crippen LogP contribution in [-0.2, 0) is 0 Å². The SMILES string of the molecule is NCCCCCNc1ccc(F)c(OC(F)(F)F)c1. The summed E-state index contributed by atoms with van der Waals surface area (Å²) in [5, 5.41) is 2.90. The summed E-state index contributed by atoms with van der Waals surface area (Å²) >= 11 is 0. The predicted molar refractivity (Wildman–Crippen MR) is 64.5 cm³/mol. The molecule has 3 nitrogen and oxygen atoms in total. The lowest BCUT2D eigenvalue weighted by Crippen LogP contribution is -2.18. The molecule has 108 valence electrons. The number of hydrogen-bond acceptors (Lipinski definition) is 3. The molecular weight excluding hydrogens is 264 g/mol. The number of halogens is 4. The first kappa shape index (κ1) is 15.6. The highest BCUT2D eigenvalue weighted by Gasteiger charge is 2.32. The molecule has 0 spiro atoms. The zero-order valence-electron chi connectivity index (χ0n) is 10.3. The van der Waals surface area contributed by atoms with E-state index in [1.807, 2.05) is 0 Å². The molecule has 7 heteroatoms. The van der Waals surface area contributed by atoms with Crippen LogP contribution in [0, 0.1) is 5.82 Å². The Morgan fingerprint density at radius 3 is 2.53 bits per heavy atom. The van der Waals surface area contributed by atoms with Crippen LogP contribution in [0.5, 0.6) is 5.75 Å². The van der Waals surface area contributed by atoms with Gasteiger partial charge in [-0.15, -0.1) is 13.2 Å². The molecule has 0 aliphatic heterocycles. The Balaban J connectivity index is 2.53. The molecule has 0 aliphatic carbocycles. The molecule has 0 unspecified atom stereocenters. The quantitative estimate of drug-likeness (QED) is 0.595. The van der Waals surface area contributed by atoms with Crippen LogP contribution in [0.4, 0.5) is 23.2 Å². The fourth-order valence-corrected chi connectivity index (χ4v) is 1.50. The Labute approximate surface area is 108 Å². The van der Waals surface area contributed by atoms with Gasteiger partial charge in [-0.25, -0.2) is 4.39 Å². The van der Waals surface area contributed by atoms with Gasteiger partial charge in [-0.3, -0.25) is 0 Å². The first-order valence-electron chi connectivity index (χ1n) is 5.91. The Hall–Kier alpha value is -1.50. The van der Waals surface area contributed by atoms with Crippen molar-refractivity contribution < 1.29 is 22.3 Å². The van der Waals surface area contributed by atoms with E-state index in [-0.39, 0.29) is 0 Å². The predicted octanol–water partition coefficient (Wildman–Crippen LogP) is 3.27. The van der Waals surface area contributed by atoms with E-state index < -0.39 is 17.9 Å². The molecule has 0 radical (unpaired) electrons. The minimum absolute atomic E-state index is 0.383. The van der Waals surface area contributed by atoms with Crippen molar-refractivity contribution in [1.29, 1.82) is 0 Å². The Morgan fingerprint density at radius 1 is 1.16 bits per heavy atom. The van der Waals surface area contributed by atoms with Crippen LogP contribution in [0.1, 0.15) is 19.3 Å². The second-order valence-corrected chi connectivity index (χ2v) is 3.97. The highest BCUT2D eigenvalue weighted by molar-refractivity contribution is 5.48. The monoisotopic (exact) mass is 280 g/mol. The van der Waals surface area contributed by atoms with Crippen LogP contribution >= 0.6 is 0 Å². The smallest absolute Gasteiger partial charge is 0.403 e. The molecule has 1 rings (SSSR count).